The van der Waals surface area contributed by atoms with Gasteiger partial charge in [0, 0.05) is 24.7 Å². The standard InChI is InChI=1S/C20H21N5S/c1-26-15-24-20(9-11-22)25(19(13-23)8-10-21)14-16-6-7-17-4-2-3-5-18(17)12-16/h2-7,9,11-13,15,22H,8,14,23H2,1H3/b19-13-,20-9+,22-11?,24-15?. The van der Waals surface area contributed by atoms with Crippen LogP contribution >= 0.6 is 11.8 Å². The Morgan fingerprint density at radius 3 is 2.73 bits per heavy atom. The maximum Gasteiger partial charge on any atom is 0.135 e. The summed E-state index contributed by atoms with van der Waals surface area (Å²) in [5.41, 5.74) is 9.18. The third kappa shape index (κ3) is 4.98. The van der Waals surface area contributed by atoms with Gasteiger partial charge in [0.15, 0.2) is 0 Å². The van der Waals surface area contributed by atoms with Gasteiger partial charge in [-0.25, -0.2) is 4.99 Å². The molecule has 0 amide bonds. The third-order valence-corrected chi connectivity index (χ3v) is 4.07. The minimum absolute atomic E-state index is 0.161. The van der Waals surface area contributed by atoms with Gasteiger partial charge in [-0.05, 0) is 34.7 Å². The number of hydrogen-bond acceptors (Lipinski definition) is 6. The Kier molecular flexibility index (Phi) is 7.47. The Hall–Kier alpha value is -3.04. The molecule has 0 radical (unpaired) electrons. The first-order valence-electron chi connectivity index (χ1n) is 8.02. The van der Waals surface area contributed by atoms with Crippen LogP contribution in [0.2, 0.25) is 0 Å². The van der Waals surface area contributed by atoms with E-state index in [-0.39, 0.29) is 6.42 Å². The fraction of sp³-hybridized carbons (Fsp3) is 0.150. The van der Waals surface area contributed by atoms with E-state index < -0.39 is 0 Å². The lowest BCUT2D eigenvalue weighted by molar-refractivity contribution is 0.409. The summed E-state index contributed by atoms with van der Waals surface area (Å²) >= 11 is 1.46. The van der Waals surface area contributed by atoms with E-state index in [1.807, 2.05) is 23.3 Å². The lowest BCUT2D eigenvalue weighted by Gasteiger charge is -2.26. The zero-order chi connectivity index (χ0) is 18.8. The molecule has 0 bridgehead atoms. The van der Waals surface area contributed by atoms with Crippen LogP contribution in [0.25, 0.3) is 10.8 Å². The van der Waals surface area contributed by atoms with E-state index >= 15 is 0 Å². The average molecular weight is 363 g/mol. The molecule has 2 aromatic carbocycles. The van der Waals surface area contributed by atoms with Gasteiger partial charge in [-0.1, -0.05) is 36.4 Å². The van der Waals surface area contributed by atoms with Crippen LogP contribution in [0.5, 0.6) is 0 Å². The van der Waals surface area contributed by atoms with Crippen molar-refractivity contribution in [1.29, 1.82) is 10.7 Å². The minimum Gasteiger partial charge on any atom is -0.403 e. The molecule has 0 atom stereocenters. The number of nitrogens with two attached hydrogens (primary N) is 1. The van der Waals surface area contributed by atoms with Crippen molar-refractivity contribution in [3.63, 3.8) is 0 Å². The van der Waals surface area contributed by atoms with Crippen molar-refractivity contribution in [2.45, 2.75) is 13.0 Å². The molecule has 2 aromatic rings. The summed E-state index contributed by atoms with van der Waals surface area (Å²) in [5.74, 6) is 0.564. The van der Waals surface area contributed by atoms with Crippen LogP contribution in [0.15, 0.2) is 71.3 Å². The third-order valence-electron chi connectivity index (χ3n) is 3.75. The molecule has 0 saturated heterocycles. The highest BCUT2D eigenvalue weighted by Crippen LogP contribution is 2.23. The van der Waals surface area contributed by atoms with Gasteiger partial charge in [-0.15, -0.1) is 11.8 Å². The molecule has 0 saturated carbocycles. The lowest BCUT2D eigenvalue weighted by atomic mass is 10.1. The summed E-state index contributed by atoms with van der Waals surface area (Å²) in [6.07, 6.45) is 6.27. The topological polar surface area (TPSA) is 89.3 Å². The highest BCUT2D eigenvalue weighted by Gasteiger charge is 2.15. The fourth-order valence-electron chi connectivity index (χ4n) is 2.56. The van der Waals surface area contributed by atoms with Crippen molar-refractivity contribution in [3.8, 4) is 6.07 Å². The molecule has 5 nitrogen and oxygen atoms in total. The van der Waals surface area contributed by atoms with Crippen molar-refractivity contribution in [2.75, 3.05) is 6.26 Å². The summed E-state index contributed by atoms with van der Waals surface area (Å²) in [4.78, 5) is 6.28. The van der Waals surface area contributed by atoms with E-state index in [1.54, 1.807) is 11.6 Å². The number of aliphatic imine (C=N–C) groups is 1. The van der Waals surface area contributed by atoms with Crippen molar-refractivity contribution in [2.24, 2.45) is 10.7 Å². The number of nitriles is 1. The molecule has 0 aliphatic rings. The molecule has 3 N–H and O–H groups in total. The predicted molar refractivity (Wildman–Crippen MR) is 111 cm³/mol. The highest BCUT2D eigenvalue weighted by atomic mass is 32.2. The van der Waals surface area contributed by atoms with Gasteiger partial charge < -0.3 is 16.0 Å². The Balaban J connectivity index is 2.44. The zero-order valence-electron chi connectivity index (χ0n) is 14.6. The van der Waals surface area contributed by atoms with E-state index in [4.69, 9.17) is 16.4 Å². The van der Waals surface area contributed by atoms with Crippen LogP contribution in [0.4, 0.5) is 0 Å². The monoisotopic (exact) mass is 363 g/mol. The number of thioether (sulfide) groups is 1. The van der Waals surface area contributed by atoms with Gasteiger partial charge >= 0.3 is 0 Å². The first-order valence-corrected chi connectivity index (χ1v) is 9.31. The molecule has 0 aromatic heterocycles. The summed E-state index contributed by atoms with van der Waals surface area (Å²) in [6.45, 7) is 0.501. The highest BCUT2D eigenvalue weighted by molar-refractivity contribution is 8.11. The number of allylic oxidation sites excluding steroid dienone is 2. The van der Waals surface area contributed by atoms with E-state index in [2.05, 4.69) is 41.4 Å². The Bertz CT molecular complexity index is 892. The number of benzene rings is 2. The molecule has 0 fully saturated rings. The second-order valence-corrected chi connectivity index (χ2v) is 6.10. The van der Waals surface area contributed by atoms with Crippen molar-refractivity contribution in [3.05, 3.63) is 71.8 Å². The smallest absolute Gasteiger partial charge is 0.135 e. The molecular weight excluding hydrogens is 342 g/mol. The molecule has 0 unspecified atom stereocenters. The average Bonchev–Trinajstić information content (AvgIpc) is 2.68. The SMILES string of the molecule is CSC=N/C(=C\C=N)N(Cc1ccc2ccccc2c1)/C(=C\N)CC#N. The van der Waals surface area contributed by atoms with E-state index in [0.29, 0.717) is 18.1 Å². The van der Waals surface area contributed by atoms with Gasteiger partial charge in [-0.3, -0.25) is 0 Å². The molecule has 0 aliphatic heterocycles. The molecule has 0 aliphatic carbocycles. The molecular formula is C20H21N5S. The van der Waals surface area contributed by atoms with Crippen molar-refractivity contribution < 1.29 is 0 Å². The number of nitrogens with one attached hydrogen (secondary N) is 1. The summed E-state index contributed by atoms with van der Waals surface area (Å²) in [6, 6.07) is 16.5. The van der Waals surface area contributed by atoms with Gasteiger partial charge in [-0.2, -0.15) is 5.26 Å². The van der Waals surface area contributed by atoms with Crippen molar-refractivity contribution in [1.82, 2.24) is 4.90 Å². The Morgan fingerprint density at radius 1 is 1.31 bits per heavy atom. The van der Waals surface area contributed by atoms with Crippen molar-refractivity contribution >= 4 is 34.3 Å². The van der Waals surface area contributed by atoms with Gasteiger partial charge in [0.05, 0.1) is 18.0 Å². The summed E-state index contributed by atoms with van der Waals surface area (Å²) in [7, 11) is 0. The van der Waals surface area contributed by atoms with E-state index in [0.717, 1.165) is 10.9 Å². The van der Waals surface area contributed by atoms with E-state index in [1.165, 1.54) is 29.6 Å². The molecule has 0 heterocycles. The van der Waals surface area contributed by atoms with Crippen LogP contribution in [-0.4, -0.2) is 22.9 Å². The first kappa shape index (κ1) is 19.3. The molecule has 0 spiro atoms. The van der Waals surface area contributed by atoms with Crippen LogP contribution < -0.4 is 5.73 Å². The second-order valence-electron chi connectivity index (χ2n) is 5.42. The quantitative estimate of drug-likeness (QED) is 0.542. The zero-order valence-corrected chi connectivity index (χ0v) is 15.4. The second kappa shape index (κ2) is 10.1. The van der Waals surface area contributed by atoms with Crippen LogP contribution in [0, 0.1) is 16.7 Å². The lowest BCUT2D eigenvalue weighted by Crippen LogP contribution is -2.22. The molecule has 2 rings (SSSR count). The number of rotatable bonds is 8. The van der Waals surface area contributed by atoms with Gasteiger partial charge in [0.2, 0.25) is 0 Å². The Morgan fingerprint density at radius 2 is 2.08 bits per heavy atom. The summed E-state index contributed by atoms with van der Waals surface area (Å²) < 4.78 is 0. The van der Waals surface area contributed by atoms with Gasteiger partial charge in [0.25, 0.3) is 0 Å². The first-order chi connectivity index (χ1) is 12.7. The van der Waals surface area contributed by atoms with Crippen LogP contribution in [0.1, 0.15) is 12.0 Å². The fourth-order valence-corrected chi connectivity index (χ4v) is 2.77. The van der Waals surface area contributed by atoms with Gasteiger partial charge in [0.1, 0.15) is 5.82 Å². The molecule has 26 heavy (non-hydrogen) atoms. The van der Waals surface area contributed by atoms with Crippen LogP contribution in [0.3, 0.4) is 0 Å². The minimum atomic E-state index is 0.161. The maximum atomic E-state index is 9.13. The Labute approximate surface area is 158 Å². The summed E-state index contributed by atoms with van der Waals surface area (Å²) in [5, 5.41) is 18.9. The van der Waals surface area contributed by atoms with E-state index in [9.17, 15) is 0 Å². The largest absolute Gasteiger partial charge is 0.403 e. The maximum absolute atomic E-state index is 9.13. The number of hydrogen-bond donors (Lipinski definition) is 2. The molecule has 6 heteroatoms. The number of fused-ring (bicyclic) bond motifs is 1. The molecule has 132 valence electrons. The van der Waals surface area contributed by atoms with Crippen LogP contribution in [-0.2, 0) is 6.54 Å². The normalized spacial score (nSPS) is 12.3. The predicted octanol–water partition coefficient (Wildman–Crippen LogP) is 4.24. The number of nitrogens with zero attached hydrogens (tertiary/aromatic N) is 3.